The number of carbonyl (C=O) groups excluding carboxylic acids is 1. The van der Waals surface area contributed by atoms with E-state index in [0.717, 1.165) is 10.6 Å². The van der Waals surface area contributed by atoms with Gasteiger partial charge in [-0.05, 0) is 47.7 Å². The molecular weight excluding hydrogens is 436 g/mol. The molecule has 0 saturated carbocycles. The zero-order valence-corrected chi connectivity index (χ0v) is 20.3. The maximum Gasteiger partial charge on any atom is 0.244 e. The number of ether oxygens (including phenoxy) is 1. The predicted molar refractivity (Wildman–Crippen MR) is 127 cm³/mol. The van der Waals surface area contributed by atoms with E-state index in [1.54, 1.807) is 25.1 Å². The maximum absolute atomic E-state index is 12.8. The average molecular weight is 467 g/mol. The van der Waals surface area contributed by atoms with E-state index in [2.05, 4.69) is 26.1 Å². The molecule has 2 aromatic carbocycles. The van der Waals surface area contributed by atoms with Crippen LogP contribution in [0.15, 0.2) is 48.5 Å². The highest BCUT2D eigenvalue weighted by atomic mass is 35.5. The molecule has 6 nitrogen and oxygen atoms in total. The minimum Gasteiger partial charge on any atom is -0.492 e. The zero-order chi connectivity index (χ0) is 23.2. The van der Waals surface area contributed by atoms with Crippen molar-refractivity contribution >= 4 is 33.2 Å². The molecule has 0 aliphatic rings. The van der Waals surface area contributed by atoms with Gasteiger partial charge in [0.05, 0.1) is 18.5 Å². The van der Waals surface area contributed by atoms with Crippen LogP contribution in [0.3, 0.4) is 0 Å². The summed E-state index contributed by atoms with van der Waals surface area (Å²) in [5, 5.41) is 3.17. The Labute approximate surface area is 190 Å². The molecule has 0 radical (unpaired) electrons. The topological polar surface area (TPSA) is 75.7 Å². The van der Waals surface area contributed by atoms with Gasteiger partial charge in [-0.25, -0.2) is 8.42 Å². The minimum atomic E-state index is -3.70. The number of anilines is 1. The summed E-state index contributed by atoms with van der Waals surface area (Å²) in [5.41, 5.74) is 1.63. The molecule has 0 spiro atoms. The second kappa shape index (κ2) is 10.4. The van der Waals surface area contributed by atoms with Crippen LogP contribution >= 0.6 is 11.6 Å². The fraction of sp³-hybridized carbons (Fsp3) is 0.435. The van der Waals surface area contributed by atoms with Gasteiger partial charge in [0.1, 0.15) is 18.4 Å². The molecule has 1 unspecified atom stereocenters. The lowest BCUT2D eigenvalue weighted by molar-refractivity contribution is -0.122. The molecule has 0 aliphatic carbocycles. The van der Waals surface area contributed by atoms with Crippen LogP contribution < -0.4 is 14.4 Å². The number of amides is 1. The highest BCUT2D eigenvalue weighted by molar-refractivity contribution is 7.92. The van der Waals surface area contributed by atoms with Crippen LogP contribution in [-0.4, -0.2) is 39.8 Å². The number of carbonyl (C=O) groups is 1. The Morgan fingerprint density at radius 3 is 2.32 bits per heavy atom. The van der Waals surface area contributed by atoms with E-state index in [9.17, 15) is 13.2 Å². The molecule has 31 heavy (non-hydrogen) atoms. The normalized spacial score (nSPS) is 12.8. The molecular formula is C23H31ClN2O4S. The number of halogens is 1. The van der Waals surface area contributed by atoms with Crippen molar-refractivity contribution in [2.75, 3.05) is 23.7 Å². The fourth-order valence-electron chi connectivity index (χ4n) is 3.19. The monoisotopic (exact) mass is 466 g/mol. The largest absolute Gasteiger partial charge is 0.492 e. The van der Waals surface area contributed by atoms with Gasteiger partial charge in [-0.2, -0.15) is 0 Å². The van der Waals surface area contributed by atoms with Crippen molar-refractivity contribution in [3.05, 3.63) is 59.1 Å². The Balaban J connectivity index is 2.00. The summed E-state index contributed by atoms with van der Waals surface area (Å²) in [6, 6.07) is 13.4. The Morgan fingerprint density at radius 1 is 1.16 bits per heavy atom. The van der Waals surface area contributed by atoms with Crippen molar-refractivity contribution < 1.29 is 17.9 Å². The van der Waals surface area contributed by atoms with Crippen LogP contribution in [0.5, 0.6) is 5.75 Å². The first-order valence-corrected chi connectivity index (χ1v) is 12.4. The molecule has 8 heteroatoms. The first-order valence-electron chi connectivity index (χ1n) is 10.2. The van der Waals surface area contributed by atoms with Crippen LogP contribution in [0, 0.1) is 0 Å². The third-order valence-electron chi connectivity index (χ3n) is 4.78. The van der Waals surface area contributed by atoms with Crippen molar-refractivity contribution in [3.8, 4) is 5.75 Å². The average Bonchev–Trinajstić information content (AvgIpc) is 2.67. The summed E-state index contributed by atoms with van der Waals surface area (Å²) in [6.45, 7) is 8.72. The second-order valence-electron chi connectivity index (χ2n) is 8.38. The number of benzene rings is 2. The van der Waals surface area contributed by atoms with Gasteiger partial charge in [-0.3, -0.25) is 9.10 Å². The van der Waals surface area contributed by atoms with Gasteiger partial charge in [-0.1, -0.05) is 57.5 Å². The van der Waals surface area contributed by atoms with Gasteiger partial charge in [0.15, 0.2) is 0 Å². The first-order chi connectivity index (χ1) is 14.4. The Hall–Kier alpha value is -2.25. The van der Waals surface area contributed by atoms with Gasteiger partial charge in [-0.15, -0.1) is 0 Å². The van der Waals surface area contributed by atoms with E-state index in [1.165, 1.54) is 11.6 Å². The van der Waals surface area contributed by atoms with Gasteiger partial charge in [0, 0.05) is 5.02 Å². The SMILES string of the molecule is CCC(C(=O)NCCOc1ccc(C(C)(C)C)cc1)N(c1cccc(Cl)c1)S(C)(=O)=O. The van der Waals surface area contributed by atoms with E-state index >= 15 is 0 Å². The third-order valence-corrected chi connectivity index (χ3v) is 6.20. The maximum atomic E-state index is 12.8. The highest BCUT2D eigenvalue weighted by Crippen LogP contribution is 2.26. The standard InChI is InChI=1S/C23H31ClN2O4S/c1-6-21(26(31(5,28)29)19-9-7-8-18(24)16-19)22(27)25-14-15-30-20-12-10-17(11-13-20)23(2,3)4/h7-13,16,21H,6,14-15H2,1-5H3,(H,25,27). The quantitative estimate of drug-likeness (QED) is 0.556. The Kier molecular flexibility index (Phi) is 8.37. The molecule has 1 atom stereocenters. The van der Waals surface area contributed by atoms with Crippen molar-refractivity contribution in [3.63, 3.8) is 0 Å². The lowest BCUT2D eigenvalue weighted by atomic mass is 9.87. The molecule has 0 bridgehead atoms. The molecule has 1 amide bonds. The molecule has 0 fully saturated rings. The van der Waals surface area contributed by atoms with Crippen molar-refractivity contribution in [1.82, 2.24) is 5.32 Å². The lowest BCUT2D eigenvalue weighted by Crippen LogP contribution is -2.50. The predicted octanol–water partition coefficient (Wildman–Crippen LogP) is 4.38. The fourth-order valence-corrected chi connectivity index (χ4v) is 4.57. The zero-order valence-electron chi connectivity index (χ0n) is 18.7. The van der Waals surface area contributed by atoms with Crippen molar-refractivity contribution in [1.29, 1.82) is 0 Å². The molecule has 2 rings (SSSR count). The van der Waals surface area contributed by atoms with Gasteiger partial charge < -0.3 is 10.1 Å². The van der Waals surface area contributed by atoms with Crippen LogP contribution in [-0.2, 0) is 20.2 Å². The number of hydrogen-bond donors (Lipinski definition) is 1. The molecule has 170 valence electrons. The van der Waals surface area contributed by atoms with Gasteiger partial charge in [0.25, 0.3) is 0 Å². The summed E-state index contributed by atoms with van der Waals surface area (Å²) in [4.78, 5) is 12.8. The Morgan fingerprint density at radius 2 is 1.81 bits per heavy atom. The highest BCUT2D eigenvalue weighted by Gasteiger charge is 2.31. The number of sulfonamides is 1. The van der Waals surface area contributed by atoms with E-state index < -0.39 is 16.1 Å². The molecule has 0 aliphatic heterocycles. The van der Waals surface area contributed by atoms with Crippen LogP contribution in [0.1, 0.15) is 39.7 Å². The molecule has 0 saturated heterocycles. The molecule has 0 heterocycles. The summed E-state index contributed by atoms with van der Waals surface area (Å²) < 4.78 is 31.7. The smallest absolute Gasteiger partial charge is 0.244 e. The van der Waals surface area contributed by atoms with Crippen LogP contribution in [0.25, 0.3) is 0 Å². The van der Waals surface area contributed by atoms with E-state index in [4.69, 9.17) is 16.3 Å². The van der Waals surface area contributed by atoms with Gasteiger partial charge >= 0.3 is 0 Å². The van der Waals surface area contributed by atoms with Crippen LogP contribution in [0.2, 0.25) is 5.02 Å². The minimum absolute atomic E-state index is 0.0656. The Bertz CT molecular complexity index is 985. The number of nitrogens with one attached hydrogen (secondary N) is 1. The van der Waals surface area contributed by atoms with Crippen molar-refractivity contribution in [2.24, 2.45) is 0 Å². The third kappa shape index (κ3) is 7.14. The second-order valence-corrected chi connectivity index (χ2v) is 10.7. The molecule has 2 aromatic rings. The summed E-state index contributed by atoms with van der Waals surface area (Å²) >= 11 is 6.02. The van der Waals surface area contributed by atoms with Crippen LogP contribution in [0.4, 0.5) is 5.69 Å². The summed E-state index contributed by atoms with van der Waals surface area (Å²) in [6.07, 6.45) is 1.38. The molecule has 0 aromatic heterocycles. The summed E-state index contributed by atoms with van der Waals surface area (Å²) in [5.74, 6) is 0.325. The van der Waals surface area contributed by atoms with E-state index in [1.807, 2.05) is 24.3 Å². The van der Waals surface area contributed by atoms with E-state index in [-0.39, 0.29) is 24.5 Å². The first kappa shape index (κ1) is 25.0. The number of rotatable bonds is 9. The summed E-state index contributed by atoms with van der Waals surface area (Å²) in [7, 11) is -3.70. The van der Waals surface area contributed by atoms with Gasteiger partial charge in [0.2, 0.25) is 15.9 Å². The lowest BCUT2D eigenvalue weighted by Gasteiger charge is -2.30. The van der Waals surface area contributed by atoms with Crippen molar-refractivity contribution in [2.45, 2.75) is 45.6 Å². The number of hydrogen-bond acceptors (Lipinski definition) is 4. The number of nitrogens with zero attached hydrogens (tertiary/aromatic N) is 1. The molecule has 1 N–H and O–H groups in total. The van der Waals surface area contributed by atoms with E-state index in [0.29, 0.717) is 22.9 Å².